The van der Waals surface area contributed by atoms with E-state index in [1.807, 2.05) is 24.3 Å². The molecule has 148 valence electrons. The second-order valence-corrected chi connectivity index (χ2v) is 7.52. The average Bonchev–Trinajstić information content (AvgIpc) is 3.49. The molecule has 2 saturated heterocycles. The van der Waals surface area contributed by atoms with Gasteiger partial charge in [0, 0.05) is 25.0 Å². The molecule has 2 aromatic carbocycles. The Kier molecular flexibility index (Phi) is 3.30. The van der Waals surface area contributed by atoms with Crippen LogP contribution < -0.4 is 28.7 Å². The van der Waals surface area contributed by atoms with E-state index in [1.54, 1.807) is 21.9 Å². The highest BCUT2D eigenvalue weighted by molar-refractivity contribution is 6.05. The zero-order chi connectivity index (χ0) is 19.6. The number of hydrogen-bond donors (Lipinski definition) is 0. The van der Waals surface area contributed by atoms with Crippen molar-refractivity contribution in [2.45, 2.75) is 31.3 Å². The third kappa shape index (κ3) is 2.25. The van der Waals surface area contributed by atoms with Crippen molar-refractivity contribution in [3.8, 4) is 23.0 Å². The van der Waals surface area contributed by atoms with E-state index < -0.39 is 5.66 Å². The molecule has 2 aromatic rings. The number of fused-ring (bicyclic) bond motifs is 2. The maximum absolute atomic E-state index is 13.0. The second kappa shape index (κ2) is 5.79. The molecule has 0 atom stereocenters. The summed E-state index contributed by atoms with van der Waals surface area (Å²) >= 11 is 0. The minimum atomic E-state index is -0.741. The van der Waals surface area contributed by atoms with Gasteiger partial charge in [-0.2, -0.15) is 0 Å². The maximum atomic E-state index is 13.0. The molecule has 0 N–H and O–H groups in total. The van der Waals surface area contributed by atoms with Gasteiger partial charge in [0.15, 0.2) is 23.0 Å². The van der Waals surface area contributed by atoms with Crippen molar-refractivity contribution in [2.75, 3.05) is 23.4 Å². The van der Waals surface area contributed by atoms with Crippen LogP contribution in [0, 0.1) is 0 Å². The van der Waals surface area contributed by atoms with Gasteiger partial charge >= 0.3 is 0 Å². The molecule has 6 rings (SSSR count). The standard InChI is InChI=1S/C21H18N2O6/c24-19-5-7-21(22(19)13-1-3-15-17(9-13)28-11-26-15)8-6-20(25)23(21)14-2-4-16-18(10-14)29-12-27-16/h1-4,9-10H,5-8,11-12H2. The summed E-state index contributed by atoms with van der Waals surface area (Å²) in [5, 5.41) is 0. The monoisotopic (exact) mass is 394 g/mol. The van der Waals surface area contributed by atoms with Crippen LogP contribution in [0.15, 0.2) is 36.4 Å². The summed E-state index contributed by atoms with van der Waals surface area (Å²) in [4.78, 5) is 29.5. The van der Waals surface area contributed by atoms with Crippen LogP contribution in [0.25, 0.3) is 0 Å². The highest BCUT2D eigenvalue weighted by atomic mass is 16.7. The van der Waals surface area contributed by atoms with Crippen LogP contribution in [0.4, 0.5) is 11.4 Å². The van der Waals surface area contributed by atoms with E-state index in [2.05, 4.69) is 0 Å². The molecule has 0 saturated carbocycles. The number of benzene rings is 2. The lowest BCUT2D eigenvalue weighted by atomic mass is 10.0. The number of carbonyl (C=O) groups excluding carboxylic acids is 2. The lowest BCUT2D eigenvalue weighted by Gasteiger charge is -2.42. The zero-order valence-electron chi connectivity index (χ0n) is 15.6. The van der Waals surface area contributed by atoms with Crippen LogP contribution >= 0.6 is 0 Å². The molecule has 2 amide bonds. The number of carbonyl (C=O) groups is 2. The first-order valence-electron chi connectivity index (χ1n) is 9.61. The molecule has 0 bridgehead atoms. The van der Waals surface area contributed by atoms with Gasteiger partial charge in [-0.05, 0) is 37.1 Å². The van der Waals surface area contributed by atoms with E-state index in [0.717, 1.165) is 0 Å². The molecule has 29 heavy (non-hydrogen) atoms. The summed E-state index contributed by atoms with van der Waals surface area (Å²) in [5.74, 6) is 2.51. The fraction of sp³-hybridized carbons (Fsp3) is 0.333. The third-order valence-corrected chi connectivity index (χ3v) is 6.04. The van der Waals surface area contributed by atoms with E-state index in [1.165, 1.54) is 0 Å². The Hall–Kier alpha value is -3.42. The topological polar surface area (TPSA) is 77.5 Å². The minimum Gasteiger partial charge on any atom is -0.454 e. The van der Waals surface area contributed by atoms with E-state index in [4.69, 9.17) is 18.9 Å². The Morgan fingerprint density at radius 2 is 1.10 bits per heavy atom. The largest absolute Gasteiger partial charge is 0.454 e. The maximum Gasteiger partial charge on any atom is 0.231 e. The Bertz CT molecular complexity index is 968. The van der Waals surface area contributed by atoms with Crippen LogP contribution in [0.1, 0.15) is 25.7 Å². The van der Waals surface area contributed by atoms with Crippen LogP contribution in [0.3, 0.4) is 0 Å². The highest BCUT2D eigenvalue weighted by Crippen LogP contribution is 2.49. The van der Waals surface area contributed by atoms with Gasteiger partial charge in [-0.3, -0.25) is 19.4 Å². The van der Waals surface area contributed by atoms with Crippen LogP contribution in [0.2, 0.25) is 0 Å². The molecular weight excluding hydrogens is 376 g/mol. The molecule has 8 nitrogen and oxygen atoms in total. The lowest BCUT2D eigenvalue weighted by Crippen LogP contribution is -2.56. The molecular formula is C21H18N2O6. The molecule has 2 fully saturated rings. The molecule has 4 aliphatic heterocycles. The van der Waals surface area contributed by atoms with Crippen LogP contribution in [-0.4, -0.2) is 31.1 Å². The Balaban J connectivity index is 1.46. The van der Waals surface area contributed by atoms with Gasteiger partial charge in [-0.15, -0.1) is 0 Å². The molecule has 1 spiro atoms. The predicted octanol–water partition coefficient (Wildman–Crippen LogP) is 2.79. The summed E-state index contributed by atoms with van der Waals surface area (Å²) < 4.78 is 21.8. The number of nitrogens with zero attached hydrogens (tertiary/aromatic N) is 2. The predicted molar refractivity (Wildman–Crippen MR) is 101 cm³/mol. The van der Waals surface area contributed by atoms with Crippen molar-refractivity contribution < 1.29 is 28.5 Å². The summed E-state index contributed by atoms with van der Waals surface area (Å²) in [6, 6.07) is 10.9. The first-order valence-corrected chi connectivity index (χ1v) is 9.61. The molecule has 0 radical (unpaired) electrons. The number of hydrogen-bond acceptors (Lipinski definition) is 6. The molecule has 8 heteroatoms. The molecule has 4 aliphatic rings. The first-order chi connectivity index (χ1) is 14.2. The van der Waals surface area contributed by atoms with Crippen molar-refractivity contribution >= 4 is 23.2 Å². The zero-order valence-corrected chi connectivity index (χ0v) is 15.6. The minimum absolute atomic E-state index is 0.00990. The molecule has 0 aromatic heterocycles. The van der Waals surface area contributed by atoms with Gasteiger partial charge in [0.05, 0.1) is 11.4 Å². The lowest BCUT2D eigenvalue weighted by molar-refractivity contribution is -0.117. The van der Waals surface area contributed by atoms with E-state index in [9.17, 15) is 9.59 Å². The Labute approximate surface area is 166 Å². The summed E-state index contributed by atoms with van der Waals surface area (Å²) in [7, 11) is 0. The Morgan fingerprint density at radius 1 is 0.655 bits per heavy atom. The van der Waals surface area contributed by atoms with Crippen LogP contribution in [0.5, 0.6) is 23.0 Å². The van der Waals surface area contributed by atoms with Gasteiger partial charge in [0.1, 0.15) is 5.66 Å². The van der Waals surface area contributed by atoms with Crippen LogP contribution in [-0.2, 0) is 9.59 Å². The molecule has 0 aliphatic carbocycles. The third-order valence-electron chi connectivity index (χ3n) is 6.04. The molecule has 0 unspecified atom stereocenters. The smallest absolute Gasteiger partial charge is 0.231 e. The number of anilines is 2. The summed E-state index contributed by atoms with van der Waals surface area (Å²) in [5.41, 5.74) is 0.671. The number of rotatable bonds is 2. The van der Waals surface area contributed by atoms with Crippen molar-refractivity contribution in [1.82, 2.24) is 0 Å². The van der Waals surface area contributed by atoms with E-state index >= 15 is 0 Å². The van der Waals surface area contributed by atoms with E-state index in [-0.39, 0.29) is 25.4 Å². The van der Waals surface area contributed by atoms with Gasteiger partial charge in [-0.1, -0.05) is 0 Å². The highest BCUT2D eigenvalue weighted by Gasteiger charge is 2.56. The second-order valence-electron chi connectivity index (χ2n) is 7.52. The number of ether oxygens (including phenoxy) is 4. The summed E-state index contributed by atoms with van der Waals surface area (Å²) in [6.07, 6.45) is 1.90. The van der Waals surface area contributed by atoms with Crippen molar-refractivity contribution in [1.29, 1.82) is 0 Å². The first kappa shape index (κ1) is 16.5. The van der Waals surface area contributed by atoms with E-state index in [0.29, 0.717) is 60.1 Å². The van der Waals surface area contributed by atoms with Gasteiger partial charge in [0.25, 0.3) is 0 Å². The fourth-order valence-electron chi connectivity index (χ4n) is 4.79. The average molecular weight is 394 g/mol. The normalized spacial score (nSPS) is 21.0. The number of amides is 2. The van der Waals surface area contributed by atoms with Gasteiger partial charge < -0.3 is 18.9 Å². The quantitative estimate of drug-likeness (QED) is 0.780. The Morgan fingerprint density at radius 3 is 1.59 bits per heavy atom. The van der Waals surface area contributed by atoms with Crippen molar-refractivity contribution in [3.05, 3.63) is 36.4 Å². The van der Waals surface area contributed by atoms with Gasteiger partial charge in [0.2, 0.25) is 25.4 Å². The summed E-state index contributed by atoms with van der Waals surface area (Å²) in [6.45, 7) is 0.333. The fourth-order valence-corrected chi connectivity index (χ4v) is 4.79. The molecule has 4 heterocycles. The van der Waals surface area contributed by atoms with Crippen molar-refractivity contribution in [3.63, 3.8) is 0 Å². The van der Waals surface area contributed by atoms with Gasteiger partial charge in [-0.25, -0.2) is 0 Å². The SMILES string of the molecule is O=C1CCC2(CCC(=O)N2c2ccc3c(c2)OCO3)N1c1ccc2c(c1)OCO2. The van der Waals surface area contributed by atoms with Crippen molar-refractivity contribution in [2.24, 2.45) is 0 Å².